The van der Waals surface area contributed by atoms with Crippen molar-refractivity contribution in [1.82, 2.24) is 19.5 Å². The maximum absolute atomic E-state index is 12.0. The Bertz CT molecular complexity index is 1100. The number of hydrogen-bond donors (Lipinski definition) is 3. The minimum absolute atomic E-state index is 0.196. The predicted octanol–water partition coefficient (Wildman–Crippen LogP) is -2.27. The molecule has 2 heterocycles. The number of fused-ring (bicyclic) bond motifs is 2. The first-order valence-corrected chi connectivity index (χ1v) is 8.79. The Morgan fingerprint density at radius 2 is 1.85 bits per heavy atom. The second-order valence-electron chi connectivity index (χ2n) is 5.68. The molecule has 11 nitrogen and oxygen atoms in total. The molecule has 140 valence electrons. The highest BCUT2D eigenvalue weighted by Gasteiger charge is 2.18. The van der Waals surface area contributed by atoms with Crippen molar-refractivity contribution in [3.63, 3.8) is 0 Å². The van der Waals surface area contributed by atoms with Gasteiger partial charge in [-0.25, -0.2) is 18.2 Å². The van der Waals surface area contributed by atoms with Gasteiger partial charge in [0.1, 0.15) is 0 Å². The smallest absolute Gasteiger partial charge is 0.349 e. The number of H-pyrrole nitrogens is 1. The molecule has 0 aromatic heterocycles. The monoisotopic (exact) mass is 383 g/mol. The maximum Gasteiger partial charge on any atom is 0.349 e. The number of hydrogen-bond acceptors (Lipinski definition) is 7. The summed E-state index contributed by atoms with van der Waals surface area (Å²) in [7, 11) is -0.823. The SMILES string of the molecule is C[NH+](C)CCn1c2nc(=O)[nH]c(=O)c-2nc2ccccc21.O=S(=O)([O-])O. The second-order valence-corrected chi connectivity index (χ2v) is 6.54. The van der Waals surface area contributed by atoms with Crippen LogP contribution in [0.4, 0.5) is 0 Å². The molecule has 3 rings (SSSR count). The van der Waals surface area contributed by atoms with Gasteiger partial charge in [0, 0.05) is 0 Å². The Balaban J connectivity index is 0.000000431. The summed E-state index contributed by atoms with van der Waals surface area (Å²) < 4.78 is 34.7. The van der Waals surface area contributed by atoms with Crippen LogP contribution in [0.1, 0.15) is 0 Å². The molecule has 0 fully saturated rings. The van der Waals surface area contributed by atoms with Crippen LogP contribution in [0.25, 0.3) is 22.6 Å². The van der Waals surface area contributed by atoms with Gasteiger partial charge in [0.05, 0.1) is 38.2 Å². The number of rotatable bonds is 3. The number of aromatic nitrogens is 4. The van der Waals surface area contributed by atoms with E-state index in [0.717, 1.165) is 12.1 Å². The van der Waals surface area contributed by atoms with Crippen molar-refractivity contribution >= 4 is 21.4 Å². The van der Waals surface area contributed by atoms with E-state index < -0.39 is 21.6 Å². The zero-order chi connectivity index (χ0) is 19.5. The van der Waals surface area contributed by atoms with E-state index in [4.69, 9.17) is 17.5 Å². The van der Waals surface area contributed by atoms with E-state index in [1.165, 1.54) is 4.90 Å². The van der Waals surface area contributed by atoms with Crippen molar-refractivity contribution in [2.45, 2.75) is 6.54 Å². The molecule has 12 heteroatoms. The minimum Gasteiger partial charge on any atom is -0.726 e. The molecular formula is C14H17N5O6S. The van der Waals surface area contributed by atoms with E-state index in [0.29, 0.717) is 17.9 Å². The molecule has 26 heavy (non-hydrogen) atoms. The highest BCUT2D eigenvalue weighted by atomic mass is 32.3. The summed E-state index contributed by atoms with van der Waals surface area (Å²) in [6.07, 6.45) is 0. The topological polar surface area (TPSA) is 163 Å². The van der Waals surface area contributed by atoms with Crippen LogP contribution in [0, 0.1) is 0 Å². The second kappa shape index (κ2) is 7.70. The third kappa shape index (κ3) is 5.16. The van der Waals surface area contributed by atoms with Gasteiger partial charge in [-0.2, -0.15) is 4.98 Å². The Hall–Kier alpha value is -2.67. The largest absolute Gasteiger partial charge is 0.726 e. The average Bonchev–Trinajstić information content (AvgIpc) is 2.50. The third-order valence-electron chi connectivity index (χ3n) is 3.35. The summed E-state index contributed by atoms with van der Waals surface area (Å²) in [6.45, 7) is 1.49. The summed E-state index contributed by atoms with van der Waals surface area (Å²) in [6, 6.07) is 7.53. The van der Waals surface area contributed by atoms with E-state index in [9.17, 15) is 9.59 Å². The first-order valence-electron chi connectivity index (χ1n) is 7.43. The Morgan fingerprint density at radius 3 is 2.46 bits per heavy atom. The van der Waals surface area contributed by atoms with Gasteiger partial charge in [0.15, 0.2) is 11.5 Å². The van der Waals surface area contributed by atoms with Crippen LogP contribution in [-0.4, -0.2) is 57.7 Å². The standard InChI is InChI=1S/C14H15N5O2.H2O4S/c1-18(2)7-8-19-10-6-4-3-5-9(10)15-11-12(19)16-14(21)17-13(11)20;1-5(2,3)4/h3-6H,7-8H2,1-2H3,(H,17,20,21);(H2,1,2,3,4). The zero-order valence-corrected chi connectivity index (χ0v) is 14.8. The molecule has 1 aromatic rings. The predicted molar refractivity (Wildman–Crippen MR) is 91.0 cm³/mol. The Morgan fingerprint density at radius 1 is 1.23 bits per heavy atom. The molecule has 0 saturated heterocycles. The van der Waals surface area contributed by atoms with E-state index in [2.05, 4.69) is 15.0 Å². The minimum atomic E-state index is -4.92. The molecule has 0 unspecified atom stereocenters. The fraction of sp³-hybridized carbons (Fsp3) is 0.286. The fourth-order valence-electron chi connectivity index (χ4n) is 2.31. The summed E-state index contributed by atoms with van der Waals surface area (Å²) in [5.74, 6) is 0.337. The van der Waals surface area contributed by atoms with Crippen LogP contribution >= 0.6 is 0 Å². The first kappa shape index (κ1) is 19.7. The summed E-state index contributed by atoms with van der Waals surface area (Å²) in [5.41, 5.74) is 0.632. The number of para-hydroxylation sites is 2. The molecule has 0 amide bonds. The quantitative estimate of drug-likeness (QED) is 0.259. The molecular weight excluding hydrogens is 366 g/mol. The number of likely N-dealkylation sites (N-methyl/N-ethyl adjacent to an activating group) is 1. The lowest BCUT2D eigenvalue weighted by molar-refractivity contribution is -0.858. The maximum atomic E-state index is 12.0. The third-order valence-corrected chi connectivity index (χ3v) is 3.35. The van der Waals surface area contributed by atoms with Crippen molar-refractivity contribution in [1.29, 1.82) is 0 Å². The van der Waals surface area contributed by atoms with Gasteiger partial charge in [-0.05, 0) is 12.1 Å². The van der Waals surface area contributed by atoms with Crippen molar-refractivity contribution in [2.75, 3.05) is 20.6 Å². The van der Waals surface area contributed by atoms with Gasteiger partial charge >= 0.3 is 5.69 Å². The van der Waals surface area contributed by atoms with Crippen LogP contribution < -0.4 is 16.1 Å². The first-order chi connectivity index (χ1) is 12.1. The van der Waals surface area contributed by atoms with Gasteiger partial charge in [-0.1, -0.05) is 12.1 Å². The Labute approximate surface area is 147 Å². The Kier molecular flexibility index (Phi) is 5.82. The zero-order valence-electron chi connectivity index (χ0n) is 14.0. The van der Waals surface area contributed by atoms with Gasteiger partial charge < -0.3 is 14.0 Å². The lowest BCUT2D eigenvalue weighted by atomic mass is 10.2. The van der Waals surface area contributed by atoms with Crippen LogP contribution in [0.15, 0.2) is 33.9 Å². The normalized spacial score (nSPS) is 11.6. The molecule has 2 aliphatic heterocycles. The molecule has 1 aromatic carbocycles. The van der Waals surface area contributed by atoms with Crippen LogP contribution in [-0.2, 0) is 16.9 Å². The van der Waals surface area contributed by atoms with E-state index in [1.54, 1.807) is 0 Å². The van der Waals surface area contributed by atoms with Crippen molar-refractivity contribution in [2.24, 2.45) is 0 Å². The molecule has 0 spiro atoms. The van der Waals surface area contributed by atoms with Crippen LogP contribution in [0.2, 0.25) is 0 Å². The van der Waals surface area contributed by atoms with Crippen LogP contribution in [0.5, 0.6) is 0 Å². The average molecular weight is 383 g/mol. The summed E-state index contributed by atoms with van der Waals surface area (Å²) in [5, 5.41) is 0. The summed E-state index contributed by atoms with van der Waals surface area (Å²) in [4.78, 5) is 35.2. The lowest BCUT2D eigenvalue weighted by Crippen LogP contribution is -3.06. The number of nitrogens with zero attached hydrogens (tertiary/aromatic N) is 3. The number of benzene rings is 1. The van der Waals surface area contributed by atoms with Gasteiger partial charge in [-0.15, -0.1) is 0 Å². The summed E-state index contributed by atoms with van der Waals surface area (Å²) >= 11 is 0. The molecule has 0 radical (unpaired) electrons. The molecule has 0 aliphatic carbocycles. The number of aromatic amines is 1. The van der Waals surface area contributed by atoms with E-state index in [-0.39, 0.29) is 5.69 Å². The van der Waals surface area contributed by atoms with E-state index in [1.807, 2.05) is 42.9 Å². The fourth-order valence-corrected chi connectivity index (χ4v) is 2.31. The number of nitrogens with one attached hydrogen (secondary N) is 2. The molecule has 0 saturated carbocycles. The highest BCUT2D eigenvalue weighted by Crippen LogP contribution is 2.19. The molecule has 2 aliphatic rings. The van der Waals surface area contributed by atoms with Crippen molar-refractivity contribution < 1.29 is 22.4 Å². The van der Waals surface area contributed by atoms with Gasteiger partial charge in [-0.3, -0.25) is 14.3 Å². The lowest BCUT2D eigenvalue weighted by Gasteiger charge is -2.17. The van der Waals surface area contributed by atoms with Crippen LogP contribution in [0.3, 0.4) is 0 Å². The van der Waals surface area contributed by atoms with Gasteiger partial charge in [0.2, 0.25) is 10.4 Å². The molecule has 0 bridgehead atoms. The van der Waals surface area contributed by atoms with Crippen molar-refractivity contribution in [3.8, 4) is 11.5 Å². The van der Waals surface area contributed by atoms with Crippen molar-refractivity contribution in [3.05, 3.63) is 45.1 Å². The number of quaternary nitrogens is 1. The van der Waals surface area contributed by atoms with E-state index >= 15 is 0 Å². The molecule has 3 N–H and O–H groups in total. The van der Waals surface area contributed by atoms with Gasteiger partial charge in [0.25, 0.3) is 5.56 Å². The highest BCUT2D eigenvalue weighted by molar-refractivity contribution is 7.79. The molecule has 0 atom stereocenters.